The Morgan fingerprint density at radius 2 is 1.79 bits per heavy atom. The molecule has 14 heavy (non-hydrogen) atoms. The molecule has 2 aliphatic rings. The summed E-state index contributed by atoms with van der Waals surface area (Å²) >= 11 is 0. The minimum Gasteiger partial charge on any atom is -0.316 e. The molecule has 0 bridgehead atoms. The Hall–Kier alpha value is -0.0800. The van der Waals surface area contributed by atoms with Crippen LogP contribution in [0.15, 0.2) is 0 Å². The molecule has 0 amide bonds. The molecule has 0 aromatic carbocycles. The van der Waals surface area contributed by atoms with Crippen LogP contribution >= 0.6 is 0 Å². The van der Waals surface area contributed by atoms with Gasteiger partial charge in [0.15, 0.2) is 0 Å². The van der Waals surface area contributed by atoms with E-state index >= 15 is 0 Å². The number of nitrogens with zero attached hydrogens (tertiary/aromatic N) is 1. The lowest BCUT2D eigenvalue weighted by atomic mass is 9.89. The van der Waals surface area contributed by atoms with Crippen LogP contribution in [0.4, 0.5) is 0 Å². The number of rotatable bonds is 3. The maximum absolute atomic E-state index is 3.56. The van der Waals surface area contributed by atoms with Crippen molar-refractivity contribution in [2.75, 3.05) is 27.2 Å². The highest BCUT2D eigenvalue weighted by molar-refractivity contribution is 4.91. The molecule has 2 atom stereocenters. The fourth-order valence-electron chi connectivity index (χ4n) is 2.94. The maximum atomic E-state index is 3.56. The average Bonchev–Trinajstić information content (AvgIpc) is 2.97. The summed E-state index contributed by atoms with van der Waals surface area (Å²) in [6, 6.07) is 0.821. The Morgan fingerprint density at radius 3 is 2.43 bits per heavy atom. The first kappa shape index (κ1) is 10.4. The molecule has 1 N–H and O–H groups in total. The number of nitrogens with one attached hydrogen (secondary N) is 1. The molecular formula is C12H24N2. The summed E-state index contributed by atoms with van der Waals surface area (Å²) in [5.74, 6) is 1.95. The van der Waals surface area contributed by atoms with Crippen LogP contribution in [0, 0.1) is 11.8 Å². The van der Waals surface area contributed by atoms with Gasteiger partial charge in [-0.15, -0.1) is 0 Å². The Kier molecular flexibility index (Phi) is 3.45. The highest BCUT2D eigenvalue weighted by Crippen LogP contribution is 2.38. The second kappa shape index (κ2) is 4.63. The maximum Gasteiger partial charge on any atom is 0.0121 e. The van der Waals surface area contributed by atoms with E-state index in [1.54, 1.807) is 0 Å². The molecule has 0 spiro atoms. The lowest BCUT2D eigenvalue weighted by Gasteiger charge is -2.25. The monoisotopic (exact) mass is 196 g/mol. The first-order chi connectivity index (χ1) is 6.81. The SMILES string of the molecule is CNC(C1CC1)C1CCCN(C)CC1. The van der Waals surface area contributed by atoms with Gasteiger partial charge in [0.2, 0.25) is 0 Å². The van der Waals surface area contributed by atoms with Crippen molar-refractivity contribution < 1.29 is 0 Å². The largest absolute Gasteiger partial charge is 0.316 e. The van der Waals surface area contributed by atoms with Gasteiger partial charge in [0.05, 0.1) is 0 Å². The van der Waals surface area contributed by atoms with Crippen molar-refractivity contribution in [3.8, 4) is 0 Å². The topological polar surface area (TPSA) is 15.3 Å². The molecule has 82 valence electrons. The minimum absolute atomic E-state index is 0.821. The lowest BCUT2D eigenvalue weighted by Crippen LogP contribution is -2.36. The van der Waals surface area contributed by atoms with Gasteiger partial charge in [-0.2, -0.15) is 0 Å². The second-order valence-corrected chi connectivity index (χ2v) is 5.15. The van der Waals surface area contributed by atoms with Gasteiger partial charge in [-0.25, -0.2) is 0 Å². The van der Waals surface area contributed by atoms with Crippen molar-refractivity contribution in [1.29, 1.82) is 0 Å². The summed E-state index contributed by atoms with van der Waals surface area (Å²) < 4.78 is 0. The van der Waals surface area contributed by atoms with Crippen LogP contribution in [0.5, 0.6) is 0 Å². The molecule has 2 unspecified atom stereocenters. The lowest BCUT2D eigenvalue weighted by molar-refractivity contribution is 0.295. The van der Waals surface area contributed by atoms with E-state index in [0.717, 1.165) is 17.9 Å². The molecule has 2 fully saturated rings. The molecule has 1 heterocycles. The average molecular weight is 196 g/mol. The van der Waals surface area contributed by atoms with Gasteiger partial charge in [-0.1, -0.05) is 0 Å². The molecule has 0 radical (unpaired) electrons. The fraction of sp³-hybridized carbons (Fsp3) is 1.00. The summed E-state index contributed by atoms with van der Waals surface area (Å²) in [6.45, 7) is 2.60. The second-order valence-electron chi connectivity index (χ2n) is 5.15. The molecule has 0 aromatic rings. The van der Waals surface area contributed by atoms with Crippen LogP contribution in [0.3, 0.4) is 0 Å². The third-order valence-corrected chi connectivity index (χ3v) is 3.97. The Labute approximate surface area is 88.1 Å². The summed E-state index contributed by atoms with van der Waals surface area (Å²) in [5.41, 5.74) is 0. The number of hydrogen-bond acceptors (Lipinski definition) is 2. The van der Waals surface area contributed by atoms with E-state index in [1.165, 1.54) is 45.2 Å². The molecular weight excluding hydrogens is 172 g/mol. The van der Waals surface area contributed by atoms with Crippen molar-refractivity contribution in [2.45, 2.75) is 38.1 Å². The van der Waals surface area contributed by atoms with Gasteiger partial charge in [-0.3, -0.25) is 0 Å². The number of hydrogen-bond donors (Lipinski definition) is 1. The van der Waals surface area contributed by atoms with Crippen molar-refractivity contribution in [3.05, 3.63) is 0 Å². The van der Waals surface area contributed by atoms with Crippen molar-refractivity contribution in [3.63, 3.8) is 0 Å². The van der Waals surface area contributed by atoms with E-state index in [2.05, 4.69) is 24.3 Å². The van der Waals surface area contributed by atoms with Crippen molar-refractivity contribution in [1.82, 2.24) is 10.2 Å². The fourth-order valence-corrected chi connectivity index (χ4v) is 2.94. The van der Waals surface area contributed by atoms with Gasteiger partial charge < -0.3 is 10.2 Å². The highest BCUT2D eigenvalue weighted by Gasteiger charge is 2.35. The summed E-state index contributed by atoms with van der Waals surface area (Å²) in [6.07, 6.45) is 7.17. The number of likely N-dealkylation sites (tertiary alicyclic amines) is 1. The Morgan fingerprint density at radius 1 is 1.07 bits per heavy atom. The van der Waals surface area contributed by atoms with Crippen LogP contribution in [0.1, 0.15) is 32.1 Å². The standard InChI is InChI=1S/C12H24N2/c1-13-12(11-5-6-11)10-4-3-8-14(2)9-7-10/h10-13H,3-9H2,1-2H3. The van der Waals surface area contributed by atoms with E-state index in [9.17, 15) is 0 Å². The van der Waals surface area contributed by atoms with Crippen LogP contribution in [0.2, 0.25) is 0 Å². The first-order valence-corrected chi connectivity index (χ1v) is 6.17. The minimum atomic E-state index is 0.821. The van der Waals surface area contributed by atoms with Crippen LogP contribution in [0.25, 0.3) is 0 Å². The summed E-state index contributed by atoms with van der Waals surface area (Å²) in [5, 5.41) is 3.56. The zero-order chi connectivity index (χ0) is 9.97. The molecule has 1 saturated carbocycles. The van der Waals surface area contributed by atoms with Crippen LogP contribution < -0.4 is 5.32 Å². The quantitative estimate of drug-likeness (QED) is 0.739. The van der Waals surface area contributed by atoms with Gasteiger partial charge >= 0.3 is 0 Å². The Balaban J connectivity index is 1.87. The van der Waals surface area contributed by atoms with E-state index in [-0.39, 0.29) is 0 Å². The third-order valence-electron chi connectivity index (χ3n) is 3.97. The van der Waals surface area contributed by atoms with E-state index < -0.39 is 0 Å². The zero-order valence-corrected chi connectivity index (χ0v) is 9.63. The first-order valence-electron chi connectivity index (χ1n) is 6.17. The molecule has 2 rings (SSSR count). The highest BCUT2D eigenvalue weighted by atomic mass is 15.1. The van der Waals surface area contributed by atoms with Gasteiger partial charge in [0, 0.05) is 6.04 Å². The van der Waals surface area contributed by atoms with E-state index in [1.807, 2.05) is 0 Å². The zero-order valence-electron chi connectivity index (χ0n) is 9.63. The predicted molar refractivity (Wildman–Crippen MR) is 60.4 cm³/mol. The molecule has 1 saturated heterocycles. The van der Waals surface area contributed by atoms with E-state index in [4.69, 9.17) is 0 Å². The van der Waals surface area contributed by atoms with Gasteiger partial charge in [-0.05, 0) is 71.1 Å². The van der Waals surface area contributed by atoms with Gasteiger partial charge in [0.25, 0.3) is 0 Å². The molecule has 0 aromatic heterocycles. The smallest absolute Gasteiger partial charge is 0.0121 e. The normalized spacial score (nSPS) is 32.6. The molecule has 1 aliphatic heterocycles. The summed E-state index contributed by atoms with van der Waals surface area (Å²) in [7, 11) is 4.41. The van der Waals surface area contributed by atoms with E-state index in [0.29, 0.717) is 0 Å². The van der Waals surface area contributed by atoms with Crippen molar-refractivity contribution in [2.24, 2.45) is 11.8 Å². The van der Waals surface area contributed by atoms with Crippen molar-refractivity contribution >= 4 is 0 Å². The summed E-state index contributed by atoms with van der Waals surface area (Å²) in [4.78, 5) is 2.49. The molecule has 1 aliphatic carbocycles. The Bertz CT molecular complexity index is 177. The molecule has 2 heteroatoms. The van der Waals surface area contributed by atoms with Gasteiger partial charge in [0.1, 0.15) is 0 Å². The van der Waals surface area contributed by atoms with Crippen LogP contribution in [-0.4, -0.2) is 38.1 Å². The van der Waals surface area contributed by atoms with Crippen LogP contribution in [-0.2, 0) is 0 Å². The predicted octanol–water partition coefficient (Wildman–Crippen LogP) is 1.72. The molecule has 2 nitrogen and oxygen atoms in total. The third kappa shape index (κ3) is 2.48.